The number of aliphatic imine (C=N–C) groups is 1. The first-order valence-electron chi connectivity index (χ1n) is 8.74. The van der Waals surface area contributed by atoms with E-state index in [9.17, 15) is 4.79 Å². The SMILES string of the molecule is CC[C@@H]1CN(C(=O)NC2C=NC(n3nccn3)=C(Cl)C2)c2cncc(Br)c2O1. The molecule has 9 nitrogen and oxygen atoms in total. The number of nitrogens with one attached hydrogen (secondary N) is 1. The van der Waals surface area contributed by atoms with E-state index in [1.807, 2.05) is 6.92 Å². The van der Waals surface area contributed by atoms with Crippen LogP contribution in [0.3, 0.4) is 0 Å². The smallest absolute Gasteiger partial charge is 0.322 e. The fourth-order valence-electron chi connectivity index (χ4n) is 3.01. The van der Waals surface area contributed by atoms with Crippen LogP contribution < -0.4 is 15.0 Å². The Labute approximate surface area is 174 Å². The number of pyridine rings is 1. The van der Waals surface area contributed by atoms with Crippen molar-refractivity contribution in [1.82, 2.24) is 25.3 Å². The molecule has 2 aliphatic heterocycles. The Kier molecular flexibility index (Phi) is 5.31. The van der Waals surface area contributed by atoms with Crippen LogP contribution in [0.5, 0.6) is 5.75 Å². The highest BCUT2D eigenvalue weighted by molar-refractivity contribution is 9.10. The molecule has 4 rings (SSSR count). The summed E-state index contributed by atoms with van der Waals surface area (Å²) in [5.74, 6) is 1.07. The number of aromatic nitrogens is 4. The molecule has 0 saturated carbocycles. The predicted octanol–water partition coefficient (Wildman–Crippen LogP) is 3.03. The summed E-state index contributed by atoms with van der Waals surface area (Å²) in [6, 6.07) is -0.602. The number of carbonyl (C=O) groups is 1. The molecule has 1 N–H and O–H groups in total. The summed E-state index contributed by atoms with van der Waals surface area (Å²) in [6.45, 7) is 2.45. The van der Waals surface area contributed by atoms with Gasteiger partial charge in [0.15, 0.2) is 11.6 Å². The van der Waals surface area contributed by atoms with Gasteiger partial charge in [-0.15, -0.1) is 4.80 Å². The van der Waals surface area contributed by atoms with E-state index >= 15 is 0 Å². The number of anilines is 1. The van der Waals surface area contributed by atoms with Gasteiger partial charge >= 0.3 is 6.03 Å². The number of carbonyl (C=O) groups excluding carboxylic acids is 1. The third-order valence-electron chi connectivity index (χ3n) is 4.43. The molecule has 11 heteroatoms. The summed E-state index contributed by atoms with van der Waals surface area (Å²) in [5, 5.41) is 11.5. The molecule has 0 fully saturated rings. The minimum absolute atomic E-state index is 0.0991. The maximum atomic E-state index is 13.0. The lowest BCUT2D eigenvalue weighted by atomic mass is 10.1. The van der Waals surface area contributed by atoms with Crippen molar-refractivity contribution in [2.45, 2.75) is 31.9 Å². The second-order valence-electron chi connectivity index (χ2n) is 6.31. The molecule has 2 aromatic rings. The number of nitrogens with zero attached hydrogens (tertiary/aromatic N) is 6. The first kappa shape index (κ1) is 18.9. The minimum Gasteiger partial charge on any atom is -0.485 e. The Morgan fingerprint density at radius 2 is 2.18 bits per heavy atom. The van der Waals surface area contributed by atoms with Gasteiger partial charge in [-0.1, -0.05) is 18.5 Å². The Morgan fingerprint density at radius 3 is 2.89 bits per heavy atom. The molecule has 0 saturated heterocycles. The number of urea groups is 1. The fraction of sp³-hybridized carbons (Fsp3) is 0.353. The van der Waals surface area contributed by atoms with Gasteiger partial charge in [-0.3, -0.25) is 9.88 Å². The van der Waals surface area contributed by atoms with Crippen LogP contribution >= 0.6 is 27.5 Å². The van der Waals surface area contributed by atoms with Gasteiger partial charge in [-0.2, -0.15) is 10.2 Å². The van der Waals surface area contributed by atoms with Crippen molar-refractivity contribution < 1.29 is 9.53 Å². The number of halogens is 2. The first-order valence-corrected chi connectivity index (χ1v) is 9.91. The lowest BCUT2D eigenvalue weighted by Gasteiger charge is -2.35. The van der Waals surface area contributed by atoms with Crippen LogP contribution in [0.4, 0.5) is 10.5 Å². The van der Waals surface area contributed by atoms with Crippen LogP contribution in [0.15, 0.2) is 39.3 Å². The maximum absolute atomic E-state index is 13.0. The second kappa shape index (κ2) is 7.88. The fourth-order valence-corrected chi connectivity index (χ4v) is 3.72. The highest BCUT2D eigenvalue weighted by Gasteiger charge is 2.32. The highest BCUT2D eigenvalue weighted by atomic mass is 79.9. The maximum Gasteiger partial charge on any atom is 0.322 e. The summed E-state index contributed by atoms with van der Waals surface area (Å²) >= 11 is 9.79. The third kappa shape index (κ3) is 3.61. The standard InChI is InChI=1S/C17H17BrClN7O2/c1-2-11-9-25(14-8-20-7-12(18)15(14)28-11)17(27)24-10-5-13(19)16(21-6-10)26-22-3-4-23-26/h3-4,6-8,10-11H,2,5,9H2,1H3,(H,24,27)/t10?,11-/m1/s1. The Balaban J connectivity index is 1.51. The average molecular weight is 467 g/mol. The number of hydrogen-bond donors (Lipinski definition) is 1. The van der Waals surface area contributed by atoms with Crippen LogP contribution in [0.1, 0.15) is 19.8 Å². The Morgan fingerprint density at radius 1 is 1.39 bits per heavy atom. The van der Waals surface area contributed by atoms with Gasteiger partial charge in [0, 0.05) is 18.8 Å². The quantitative estimate of drug-likeness (QED) is 0.750. The summed E-state index contributed by atoms with van der Waals surface area (Å²) in [6.07, 6.45) is 9.08. The van der Waals surface area contributed by atoms with Crippen LogP contribution in [0.2, 0.25) is 0 Å². The molecule has 0 aliphatic carbocycles. The van der Waals surface area contributed by atoms with Crippen LogP contribution in [0, 0.1) is 0 Å². The molecule has 0 radical (unpaired) electrons. The number of hydrogen-bond acceptors (Lipinski definition) is 6. The molecule has 4 heterocycles. The predicted molar refractivity (Wildman–Crippen MR) is 109 cm³/mol. The first-order chi connectivity index (χ1) is 13.6. The van der Waals surface area contributed by atoms with Gasteiger partial charge < -0.3 is 10.1 Å². The van der Waals surface area contributed by atoms with Crippen molar-refractivity contribution in [2.24, 2.45) is 4.99 Å². The molecule has 0 spiro atoms. The van der Waals surface area contributed by atoms with Crippen molar-refractivity contribution in [1.29, 1.82) is 0 Å². The van der Waals surface area contributed by atoms with E-state index in [4.69, 9.17) is 16.3 Å². The molecule has 146 valence electrons. The van der Waals surface area contributed by atoms with E-state index in [1.165, 1.54) is 4.80 Å². The Bertz CT molecular complexity index is 947. The van der Waals surface area contributed by atoms with Crippen LogP contribution in [0.25, 0.3) is 5.82 Å². The number of rotatable bonds is 3. The normalized spacial score (nSPS) is 21.3. The molecule has 0 bridgehead atoms. The zero-order chi connectivity index (χ0) is 19.7. The molecular weight excluding hydrogens is 450 g/mol. The van der Waals surface area contributed by atoms with Gasteiger partial charge in [-0.05, 0) is 22.4 Å². The summed E-state index contributed by atoms with van der Waals surface area (Å²) < 4.78 is 6.69. The van der Waals surface area contributed by atoms with Gasteiger partial charge in [0.1, 0.15) is 11.8 Å². The summed E-state index contributed by atoms with van der Waals surface area (Å²) in [4.78, 5) is 24.4. The molecular formula is C17H17BrClN7O2. The molecule has 0 aromatic carbocycles. The van der Waals surface area contributed by atoms with Gasteiger partial charge in [0.05, 0.1) is 40.7 Å². The second-order valence-corrected chi connectivity index (χ2v) is 7.62. The van der Waals surface area contributed by atoms with E-state index in [0.717, 1.165) is 6.42 Å². The van der Waals surface area contributed by atoms with E-state index in [2.05, 4.69) is 41.4 Å². The van der Waals surface area contributed by atoms with Crippen molar-refractivity contribution in [2.75, 3.05) is 11.4 Å². The van der Waals surface area contributed by atoms with E-state index in [-0.39, 0.29) is 18.2 Å². The largest absolute Gasteiger partial charge is 0.485 e. The topological polar surface area (TPSA) is 97.5 Å². The zero-order valence-electron chi connectivity index (χ0n) is 14.9. The lowest BCUT2D eigenvalue weighted by Crippen LogP contribution is -2.51. The summed E-state index contributed by atoms with van der Waals surface area (Å²) in [7, 11) is 0. The molecule has 2 amide bonds. The molecule has 2 aliphatic rings. The van der Waals surface area contributed by atoms with Crippen LogP contribution in [-0.2, 0) is 0 Å². The van der Waals surface area contributed by atoms with Gasteiger partial charge in [0.2, 0.25) is 0 Å². The van der Waals surface area contributed by atoms with E-state index < -0.39 is 0 Å². The zero-order valence-corrected chi connectivity index (χ0v) is 17.3. The minimum atomic E-state index is -0.342. The number of fused-ring (bicyclic) bond motifs is 1. The van der Waals surface area contributed by atoms with Crippen molar-refractivity contribution in [3.05, 3.63) is 34.3 Å². The van der Waals surface area contributed by atoms with Crippen molar-refractivity contribution >= 4 is 51.3 Å². The molecule has 2 aromatic heterocycles. The van der Waals surface area contributed by atoms with E-state index in [0.29, 0.717) is 39.7 Å². The van der Waals surface area contributed by atoms with Gasteiger partial charge in [-0.25, -0.2) is 9.79 Å². The number of ether oxygens (including phenoxy) is 1. The summed E-state index contributed by atoms with van der Waals surface area (Å²) in [5.41, 5.74) is 0.618. The molecule has 28 heavy (non-hydrogen) atoms. The van der Waals surface area contributed by atoms with Crippen molar-refractivity contribution in [3.8, 4) is 5.75 Å². The molecule has 2 atom stereocenters. The lowest BCUT2D eigenvalue weighted by molar-refractivity contribution is 0.184. The van der Waals surface area contributed by atoms with E-state index in [1.54, 1.807) is 35.9 Å². The third-order valence-corrected chi connectivity index (χ3v) is 5.32. The van der Waals surface area contributed by atoms with Crippen molar-refractivity contribution in [3.63, 3.8) is 0 Å². The Hall–Kier alpha value is -2.46. The monoisotopic (exact) mass is 465 g/mol. The average Bonchev–Trinajstić information content (AvgIpc) is 3.22. The highest BCUT2D eigenvalue weighted by Crippen LogP contribution is 2.39. The van der Waals surface area contributed by atoms with Gasteiger partial charge in [0.25, 0.3) is 0 Å². The number of amides is 2. The van der Waals surface area contributed by atoms with Crippen LogP contribution in [-0.4, -0.2) is 50.9 Å². The molecule has 1 unspecified atom stereocenters.